The second kappa shape index (κ2) is 5.16. The van der Waals surface area contributed by atoms with Crippen molar-refractivity contribution in [2.75, 3.05) is 19.7 Å². The highest BCUT2D eigenvalue weighted by atomic mass is 16.5. The van der Waals surface area contributed by atoms with Crippen molar-refractivity contribution in [3.8, 4) is 0 Å². The van der Waals surface area contributed by atoms with Crippen molar-refractivity contribution in [1.82, 2.24) is 20.2 Å². The number of hydrogen-bond donors (Lipinski definition) is 0. The fourth-order valence-electron chi connectivity index (χ4n) is 3.60. The van der Waals surface area contributed by atoms with Gasteiger partial charge in [0.1, 0.15) is 11.3 Å². The predicted molar refractivity (Wildman–Crippen MR) is 76.8 cm³/mol. The minimum Gasteiger partial charge on any atom is -0.377 e. The van der Waals surface area contributed by atoms with Gasteiger partial charge in [-0.25, -0.2) is 0 Å². The maximum Gasteiger partial charge on any atom is 0.259 e. The van der Waals surface area contributed by atoms with Crippen LogP contribution < -0.4 is 0 Å². The number of ether oxygens (including phenoxy) is 1. The lowest BCUT2D eigenvalue weighted by molar-refractivity contribution is 0.00818. The van der Waals surface area contributed by atoms with Crippen molar-refractivity contribution in [1.29, 1.82) is 0 Å². The molecule has 0 saturated carbocycles. The van der Waals surface area contributed by atoms with Gasteiger partial charge in [0.25, 0.3) is 5.91 Å². The third kappa shape index (κ3) is 2.16. The molecule has 8 nitrogen and oxygen atoms in total. The van der Waals surface area contributed by atoms with Gasteiger partial charge in [0.2, 0.25) is 5.89 Å². The smallest absolute Gasteiger partial charge is 0.259 e. The molecule has 4 rings (SSSR count). The molecule has 8 heteroatoms. The van der Waals surface area contributed by atoms with Crippen LogP contribution in [0.15, 0.2) is 15.2 Å². The summed E-state index contributed by atoms with van der Waals surface area (Å²) < 4.78 is 16.3. The normalized spacial score (nSPS) is 27.2. The lowest BCUT2D eigenvalue weighted by Crippen LogP contribution is -2.54. The molecular formula is C15H18N4O4. The maximum absolute atomic E-state index is 12.8. The molecule has 2 aliphatic rings. The molecule has 2 aliphatic heterocycles. The summed E-state index contributed by atoms with van der Waals surface area (Å²) in [4.78, 5) is 19.0. The first-order valence-electron chi connectivity index (χ1n) is 7.73. The van der Waals surface area contributed by atoms with E-state index in [0.717, 1.165) is 12.8 Å². The van der Waals surface area contributed by atoms with Crippen LogP contribution in [0.4, 0.5) is 0 Å². The van der Waals surface area contributed by atoms with E-state index in [1.807, 2.05) is 4.90 Å². The highest BCUT2D eigenvalue weighted by Crippen LogP contribution is 2.43. The molecule has 0 aromatic carbocycles. The molecular weight excluding hydrogens is 300 g/mol. The topological polar surface area (TPSA) is 94.5 Å². The molecule has 0 spiro atoms. The Balaban J connectivity index is 1.66. The molecule has 23 heavy (non-hydrogen) atoms. The third-order valence-corrected chi connectivity index (χ3v) is 4.84. The van der Waals surface area contributed by atoms with E-state index in [0.29, 0.717) is 42.7 Å². The van der Waals surface area contributed by atoms with Crippen molar-refractivity contribution >= 4 is 5.91 Å². The van der Waals surface area contributed by atoms with Gasteiger partial charge in [-0.2, -0.15) is 4.98 Å². The number of piperidine rings is 1. The first kappa shape index (κ1) is 14.4. The van der Waals surface area contributed by atoms with Crippen molar-refractivity contribution in [3.05, 3.63) is 29.2 Å². The standard InChI is InChI=1S/C15H18N4O4/c1-9-11(7-16-22-9)13(20)19-5-3-12-15(8-19,4-6-21-12)14-17-10(2)18-23-14/h7,12H,3-6,8H2,1-2H3/t12-,15-/m1/s1. The highest BCUT2D eigenvalue weighted by molar-refractivity contribution is 5.95. The number of likely N-dealkylation sites (tertiary alicyclic amines) is 1. The zero-order chi connectivity index (χ0) is 16.0. The Morgan fingerprint density at radius 2 is 2.26 bits per heavy atom. The van der Waals surface area contributed by atoms with Crippen LogP contribution >= 0.6 is 0 Å². The molecule has 122 valence electrons. The first-order valence-corrected chi connectivity index (χ1v) is 7.73. The summed E-state index contributed by atoms with van der Waals surface area (Å²) >= 11 is 0. The molecule has 1 amide bonds. The molecule has 0 aliphatic carbocycles. The SMILES string of the molecule is Cc1noc([C@@]23CCO[C@@H]2CCN(C(=O)c2cnoc2C)C3)n1. The zero-order valence-electron chi connectivity index (χ0n) is 13.1. The van der Waals surface area contributed by atoms with Crippen LogP contribution in [-0.4, -0.2) is 51.9 Å². The summed E-state index contributed by atoms with van der Waals surface area (Å²) in [5, 5.41) is 7.61. The number of aryl methyl sites for hydroxylation is 2. The Kier molecular flexibility index (Phi) is 3.22. The van der Waals surface area contributed by atoms with Gasteiger partial charge in [0.05, 0.1) is 17.7 Å². The molecule has 4 heterocycles. The Morgan fingerprint density at radius 3 is 2.96 bits per heavy atom. The van der Waals surface area contributed by atoms with Gasteiger partial charge in [-0.3, -0.25) is 4.79 Å². The molecule has 0 unspecified atom stereocenters. The van der Waals surface area contributed by atoms with Crippen LogP contribution in [0.2, 0.25) is 0 Å². The fourth-order valence-corrected chi connectivity index (χ4v) is 3.60. The second-order valence-corrected chi connectivity index (χ2v) is 6.22. The predicted octanol–water partition coefficient (Wildman–Crippen LogP) is 1.25. The number of aromatic nitrogens is 3. The average Bonchev–Trinajstić information content (AvgIpc) is 3.25. The summed E-state index contributed by atoms with van der Waals surface area (Å²) in [5.41, 5.74) is 0.0829. The first-order chi connectivity index (χ1) is 11.1. The number of hydrogen-bond acceptors (Lipinski definition) is 7. The summed E-state index contributed by atoms with van der Waals surface area (Å²) in [7, 11) is 0. The van der Waals surface area contributed by atoms with Crippen LogP contribution in [0.5, 0.6) is 0 Å². The molecule has 2 atom stereocenters. The summed E-state index contributed by atoms with van der Waals surface area (Å²) in [6.45, 7) is 5.30. The van der Waals surface area contributed by atoms with Gasteiger partial charge in [-0.15, -0.1) is 0 Å². The van der Waals surface area contributed by atoms with Gasteiger partial charge < -0.3 is 18.7 Å². The van der Waals surface area contributed by atoms with Gasteiger partial charge in [-0.1, -0.05) is 10.3 Å². The van der Waals surface area contributed by atoms with E-state index in [1.165, 1.54) is 6.20 Å². The Morgan fingerprint density at radius 1 is 1.39 bits per heavy atom. The molecule has 0 N–H and O–H groups in total. The third-order valence-electron chi connectivity index (χ3n) is 4.84. The Hall–Kier alpha value is -2.22. The van der Waals surface area contributed by atoms with Gasteiger partial charge >= 0.3 is 0 Å². The van der Waals surface area contributed by atoms with Crippen LogP contribution in [0.25, 0.3) is 0 Å². The minimum atomic E-state index is -0.416. The van der Waals surface area contributed by atoms with E-state index in [4.69, 9.17) is 13.8 Å². The van der Waals surface area contributed by atoms with Gasteiger partial charge in [0, 0.05) is 19.7 Å². The van der Waals surface area contributed by atoms with E-state index in [1.54, 1.807) is 13.8 Å². The Labute approximate surface area is 132 Å². The molecule has 2 aromatic rings. The van der Waals surface area contributed by atoms with Crippen LogP contribution in [0.3, 0.4) is 0 Å². The average molecular weight is 318 g/mol. The highest BCUT2D eigenvalue weighted by Gasteiger charge is 2.53. The second-order valence-electron chi connectivity index (χ2n) is 6.22. The number of carbonyl (C=O) groups excluding carboxylic acids is 1. The molecule has 2 fully saturated rings. The van der Waals surface area contributed by atoms with E-state index in [9.17, 15) is 4.79 Å². The molecule has 2 saturated heterocycles. The quantitative estimate of drug-likeness (QED) is 0.822. The Bertz CT molecular complexity index is 739. The largest absolute Gasteiger partial charge is 0.377 e. The number of amides is 1. The number of nitrogens with zero attached hydrogens (tertiary/aromatic N) is 4. The number of fused-ring (bicyclic) bond motifs is 1. The molecule has 0 radical (unpaired) electrons. The minimum absolute atomic E-state index is 0.00923. The zero-order valence-corrected chi connectivity index (χ0v) is 13.1. The maximum atomic E-state index is 12.8. The van der Waals surface area contributed by atoms with E-state index in [-0.39, 0.29) is 12.0 Å². The number of rotatable bonds is 2. The van der Waals surface area contributed by atoms with Crippen molar-refractivity contribution < 1.29 is 18.6 Å². The summed E-state index contributed by atoms with van der Waals surface area (Å²) in [6, 6.07) is 0. The molecule has 0 bridgehead atoms. The monoisotopic (exact) mass is 318 g/mol. The van der Waals surface area contributed by atoms with Crippen molar-refractivity contribution in [2.24, 2.45) is 0 Å². The van der Waals surface area contributed by atoms with E-state index >= 15 is 0 Å². The number of carbonyl (C=O) groups is 1. The van der Waals surface area contributed by atoms with E-state index < -0.39 is 5.41 Å². The van der Waals surface area contributed by atoms with E-state index in [2.05, 4.69) is 15.3 Å². The summed E-state index contributed by atoms with van der Waals surface area (Å²) in [6.07, 6.45) is 3.00. The lowest BCUT2D eigenvalue weighted by atomic mass is 9.76. The van der Waals surface area contributed by atoms with Crippen LogP contribution in [0, 0.1) is 13.8 Å². The van der Waals surface area contributed by atoms with Crippen molar-refractivity contribution in [3.63, 3.8) is 0 Å². The van der Waals surface area contributed by atoms with Gasteiger partial charge in [-0.05, 0) is 26.7 Å². The lowest BCUT2D eigenvalue weighted by Gasteiger charge is -2.41. The fraction of sp³-hybridized carbons (Fsp3) is 0.600. The van der Waals surface area contributed by atoms with Crippen molar-refractivity contribution in [2.45, 2.75) is 38.2 Å². The summed E-state index contributed by atoms with van der Waals surface area (Å²) in [5.74, 6) is 1.61. The van der Waals surface area contributed by atoms with Crippen LogP contribution in [-0.2, 0) is 10.2 Å². The van der Waals surface area contributed by atoms with Crippen LogP contribution in [0.1, 0.15) is 40.7 Å². The molecule has 2 aromatic heterocycles. The van der Waals surface area contributed by atoms with Gasteiger partial charge in [0.15, 0.2) is 5.82 Å².